The van der Waals surface area contributed by atoms with Gasteiger partial charge in [-0.3, -0.25) is 9.56 Å². The molecule has 0 amide bonds. The van der Waals surface area contributed by atoms with Crippen molar-refractivity contribution < 1.29 is 14.6 Å². The maximum Gasteiger partial charge on any atom is 0.210 e. The molecule has 5 nitrogen and oxygen atoms in total. The van der Waals surface area contributed by atoms with Crippen LogP contribution in [-0.2, 0) is 6.54 Å². The van der Waals surface area contributed by atoms with Gasteiger partial charge >= 0.3 is 0 Å². The molecule has 7 heteroatoms. The number of rotatable bonds is 6. The van der Waals surface area contributed by atoms with E-state index in [0.717, 1.165) is 27.3 Å². The molecule has 2 heterocycles. The summed E-state index contributed by atoms with van der Waals surface area (Å²) in [5.41, 5.74) is 2.91. The molecule has 1 aromatic heterocycles. The summed E-state index contributed by atoms with van der Waals surface area (Å²) in [7, 11) is 3.23. The first-order valence-electron chi connectivity index (χ1n) is 9.23. The Kier molecular flexibility index (Phi) is 5.57. The normalized spacial score (nSPS) is 12.9. The van der Waals surface area contributed by atoms with Crippen molar-refractivity contribution in [1.29, 1.82) is 0 Å². The summed E-state index contributed by atoms with van der Waals surface area (Å²) in [6, 6.07) is 11.9. The highest BCUT2D eigenvalue weighted by atomic mass is 32.1. The Morgan fingerprint density at radius 3 is 2.60 bits per heavy atom. The van der Waals surface area contributed by atoms with Crippen LogP contribution in [0.5, 0.6) is 17.4 Å². The third-order valence-electron chi connectivity index (χ3n) is 4.86. The number of nitrogens with zero attached hydrogens (tertiary/aromatic N) is 2. The van der Waals surface area contributed by atoms with Crippen molar-refractivity contribution in [3.63, 3.8) is 0 Å². The molecule has 0 radical (unpaired) electrons. The van der Waals surface area contributed by atoms with Gasteiger partial charge in [-0.05, 0) is 23.9 Å². The number of thiazole rings is 1. The quantitative estimate of drug-likeness (QED) is 0.468. The summed E-state index contributed by atoms with van der Waals surface area (Å²) in [5, 5.41) is 12.2. The van der Waals surface area contributed by atoms with Crippen LogP contribution in [-0.4, -0.2) is 23.9 Å². The first kappa shape index (κ1) is 20.1. The molecule has 0 bridgehead atoms. The number of aromatic nitrogens is 1. The van der Waals surface area contributed by atoms with Crippen molar-refractivity contribution >= 4 is 35.2 Å². The van der Waals surface area contributed by atoms with Gasteiger partial charge in [0.1, 0.15) is 11.5 Å². The summed E-state index contributed by atoms with van der Waals surface area (Å²) < 4.78 is 13.5. The molecule has 3 aromatic rings. The molecule has 4 rings (SSSR count). The highest BCUT2D eigenvalue weighted by molar-refractivity contribution is 7.73. The molecule has 1 aliphatic heterocycles. The predicted molar refractivity (Wildman–Crippen MR) is 122 cm³/mol. The molecular formula is C23H20N2O3S2. The van der Waals surface area contributed by atoms with Crippen LogP contribution in [0.2, 0.25) is 0 Å². The summed E-state index contributed by atoms with van der Waals surface area (Å²) in [4.78, 5) is 5.32. The van der Waals surface area contributed by atoms with Crippen molar-refractivity contribution in [3.8, 4) is 17.4 Å². The maximum atomic E-state index is 10.7. The molecule has 0 fully saturated rings. The van der Waals surface area contributed by atoms with Gasteiger partial charge in [0.25, 0.3) is 0 Å². The Bertz CT molecular complexity index is 1340. The van der Waals surface area contributed by atoms with Gasteiger partial charge in [-0.15, -0.1) is 17.9 Å². The Labute approximate surface area is 183 Å². The zero-order chi connectivity index (χ0) is 21.3. The van der Waals surface area contributed by atoms with Crippen molar-refractivity contribution in [2.45, 2.75) is 6.54 Å². The van der Waals surface area contributed by atoms with E-state index in [1.807, 2.05) is 48.7 Å². The molecular weight excluding hydrogens is 416 g/mol. The van der Waals surface area contributed by atoms with E-state index in [4.69, 9.17) is 21.7 Å². The van der Waals surface area contributed by atoms with E-state index in [9.17, 15) is 5.11 Å². The highest BCUT2D eigenvalue weighted by Crippen LogP contribution is 2.32. The maximum absolute atomic E-state index is 10.7. The van der Waals surface area contributed by atoms with Crippen LogP contribution in [0, 0.1) is 3.95 Å². The lowest BCUT2D eigenvalue weighted by Gasteiger charge is -2.12. The van der Waals surface area contributed by atoms with Crippen molar-refractivity contribution in [2.75, 3.05) is 14.2 Å². The minimum Gasteiger partial charge on any atom is -0.496 e. The molecule has 0 unspecified atom stereocenters. The average molecular weight is 437 g/mol. The van der Waals surface area contributed by atoms with Crippen LogP contribution in [0.25, 0.3) is 11.6 Å². The van der Waals surface area contributed by atoms with Crippen LogP contribution in [0.1, 0.15) is 16.0 Å². The average Bonchev–Trinajstić information content (AvgIpc) is 3.32. The number of methoxy groups -OCH3 is 2. The molecule has 152 valence electrons. The fourth-order valence-electron chi connectivity index (χ4n) is 3.46. The minimum absolute atomic E-state index is 0.103. The Balaban J connectivity index is 1.99. The van der Waals surface area contributed by atoms with Gasteiger partial charge in [-0.1, -0.05) is 36.4 Å². The standard InChI is InChI=1S/C23H20N2O3S2/c1-4-10-25-22(26)19(30-23(25)29)11-15-17(27-2)12-18(28-3)20-16(13-24-21(15)20)14-8-6-5-7-9-14/h4-9,11-13,26H,1,10H2,2-3H3. The van der Waals surface area contributed by atoms with Crippen molar-refractivity contribution in [3.05, 3.63) is 85.8 Å². The minimum atomic E-state index is 0.103. The topological polar surface area (TPSA) is 56.0 Å². The first-order chi connectivity index (χ1) is 14.6. The fraction of sp³-hybridized carbons (Fsp3) is 0.130. The second-order valence-electron chi connectivity index (χ2n) is 6.56. The Morgan fingerprint density at radius 1 is 1.20 bits per heavy atom. The van der Waals surface area contributed by atoms with Crippen LogP contribution >= 0.6 is 23.6 Å². The lowest BCUT2D eigenvalue weighted by Crippen LogP contribution is -2.29. The van der Waals surface area contributed by atoms with E-state index in [1.165, 1.54) is 11.3 Å². The number of aromatic hydroxyl groups is 1. The van der Waals surface area contributed by atoms with E-state index in [1.54, 1.807) is 24.9 Å². The Hall–Kier alpha value is -3.16. The van der Waals surface area contributed by atoms with E-state index in [2.05, 4.69) is 11.6 Å². The van der Waals surface area contributed by atoms with Gasteiger partial charge in [-0.2, -0.15) is 0 Å². The lowest BCUT2D eigenvalue weighted by molar-refractivity contribution is 0.390. The molecule has 0 saturated carbocycles. The monoisotopic (exact) mass is 436 g/mol. The summed E-state index contributed by atoms with van der Waals surface area (Å²) in [5.74, 6) is 1.38. The van der Waals surface area contributed by atoms with Gasteiger partial charge in [-0.25, -0.2) is 0 Å². The van der Waals surface area contributed by atoms with E-state index in [0.29, 0.717) is 26.9 Å². The fourth-order valence-corrected chi connectivity index (χ4v) is 4.73. The molecule has 0 saturated heterocycles. The van der Waals surface area contributed by atoms with Gasteiger partial charge < -0.3 is 14.6 Å². The van der Waals surface area contributed by atoms with Crippen LogP contribution < -0.4 is 20.0 Å². The number of ether oxygens (including phenoxy) is 2. The Morgan fingerprint density at radius 2 is 1.93 bits per heavy atom. The third-order valence-corrected chi connectivity index (χ3v) is 6.25. The molecule has 30 heavy (non-hydrogen) atoms. The van der Waals surface area contributed by atoms with Crippen LogP contribution in [0.3, 0.4) is 0 Å². The number of hydrogen-bond donors (Lipinski definition) is 1. The first-order valence-corrected chi connectivity index (χ1v) is 10.5. The molecule has 2 aromatic carbocycles. The predicted octanol–water partition coefficient (Wildman–Crippen LogP) is 4.04. The van der Waals surface area contributed by atoms with Gasteiger partial charge in [0.2, 0.25) is 5.88 Å². The number of fused-ring (bicyclic) bond motifs is 1. The van der Waals surface area contributed by atoms with Crippen LogP contribution in [0.4, 0.5) is 0 Å². The number of hydrogen-bond acceptors (Lipinski definition) is 6. The molecule has 0 atom stereocenters. The number of benzene rings is 2. The zero-order valence-corrected chi connectivity index (χ0v) is 18.2. The molecule has 1 aliphatic rings. The van der Waals surface area contributed by atoms with Crippen molar-refractivity contribution in [2.24, 2.45) is 4.99 Å². The second kappa shape index (κ2) is 8.30. The summed E-state index contributed by atoms with van der Waals surface area (Å²) in [6.07, 6.45) is 5.39. The third kappa shape index (κ3) is 3.36. The van der Waals surface area contributed by atoms with Gasteiger partial charge in [0.05, 0.1) is 30.0 Å². The van der Waals surface area contributed by atoms with Crippen molar-refractivity contribution in [1.82, 2.24) is 4.57 Å². The summed E-state index contributed by atoms with van der Waals surface area (Å²) in [6.45, 7) is 4.16. The molecule has 1 N–H and O–H groups in total. The van der Waals surface area contributed by atoms with Crippen LogP contribution in [0.15, 0.2) is 60.2 Å². The zero-order valence-electron chi connectivity index (χ0n) is 16.6. The van der Waals surface area contributed by atoms with Gasteiger partial charge in [0, 0.05) is 29.6 Å². The number of allylic oxidation sites excluding steroid dienone is 1. The second-order valence-corrected chi connectivity index (χ2v) is 8.23. The SMILES string of the molecule is C=CCn1c(O)c(C=c2c(OC)cc(OC)c3c2=NC=C3c2ccccc2)sc1=S. The van der Waals surface area contributed by atoms with E-state index < -0.39 is 0 Å². The molecule has 0 spiro atoms. The largest absolute Gasteiger partial charge is 0.496 e. The summed E-state index contributed by atoms with van der Waals surface area (Å²) >= 11 is 6.72. The van der Waals surface area contributed by atoms with Gasteiger partial charge in [0.15, 0.2) is 3.95 Å². The van der Waals surface area contributed by atoms with E-state index in [-0.39, 0.29) is 5.88 Å². The highest BCUT2D eigenvalue weighted by Gasteiger charge is 2.21. The molecule has 0 aliphatic carbocycles. The smallest absolute Gasteiger partial charge is 0.210 e. The van der Waals surface area contributed by atoms with E-state index >= 15 is 0 Å². The lowest BCUT2D eigenvalue weighted by atomic mass is 9.97.